The van der Waals surface area contributed by atoms with Crippen LogP contribution in [0.5, 0.6) is 0 Å². The Bertz CT molecular complexity index is 742. The van der Waals surface area contributed by atoms with E-state index in [1.54, 1.807) is 0 Å². The highest BCUT2D eigenvalue weighted by atomic mass is 32.1. The number of carbonyl (C=O) groups is 1. The van der Waals surface area contributed by atoms with E-state index in [4.69, 9.17) is 17.0 Å². The number of hydrogen-bond donors (Lipinski definition) is 3. The van der Waals surface area contributed by atoms with Crippen molar-refractivity contribution >= 4 is 34.6 Å². The maximum absolute atomic E-state index is 12.4. The quantitative estimate of drug-likeness (QED) is 0.562. The van der Waals surface area contributed by atoms with Crippen LogP contribution in [0.2, 0.25) is 0 Å². The molecule has 1 fully saturated rings. The van der Waals surface area contributed by atoms with Crippen LogP contribution >= 0.6 is 23.6 Å². The summed E-state index contributed by atoms with van der Waals surface area (Å²) < 4.78 is 5.51. The van der Waals surface area contributed by atoms with Crippen molar-refractivity contribution in [3.05, 3.63) is 40.9 Å². The van der Waals surface area contributed by atoms with Gasteiger partial charge >= 0.3 is 0 Å². The zero-order valence-corrected chi connectivity index (χ0v) is 15.5. The van der Waals surface area contributed by atoms with Gasteiger partial charge in [-0.25, -0.2) is 4.98 Å². The van der Waals surface area contributed by atoms with Crippen LogP contribution < -0.4 is 16.2 Å². The van der Waals surface area contributed by atoms with Crippen molar-refractivity contribution < 1.29 is 9.53 Å². The third kappa shape index (κ3) is 4.75. The van der Waals surface area contributed by atoms with Crippen LogP contribution in [0, 0.1) is 6.92 Å². The normalized spacial score (nSPS) is 16.4. The van der Waals surface area contributed by atoms with E-state index in [0.29, 0.717) is 22.2 Å². The summed E-state index contributed by atoms with van der Waals surface area (Å²) in [7, 11) is 0. The molecule has 0 unspecified atom stereocenters. The molecule has 1 amide bonds. The van der Waals surface area contributed by atoms with Crippen molar-refractivity contribution in [2.75, 3.05) is 13.2 Å². The molecular formula is C17H20N4O2S2. The molecule has 1 atom stereocenters. The number of aryl methyl sites for hydroxylation is 1. The zero-order chi connectivity index (χ0) is 17.6. The highest BCUT2D eigenvalue weighted by molar-refractivity contribution is 7.80. The maximum Gasteiger partial charge on any atom is 0.281 e. The van der Waals surface area contributed by atoms with Gasteiger partial charge in [0.2, 0.25) is 0 Å². The SMILES string of the molecule is Cc1nc(-c2ccccc2)sc1C(=O)NNC(=S)NC[C@H]1CCCO1. The fourth-order valence-corrected chi connectivity index (χ4v) is 3.64. The van der Waals surface area contributed by atoms with Gasteiger partial charge < -0.3 is 10.1 Å². The average Bonchev–Trinajstić information content (AvgIpc) is 3.28. The lowest BCUT2D eigenvalue weighted by atomic mass is 10.2. The minimum absolute atomic E-state index is 0.188. The Kier molecular flexibility index (Phi) is 5.95. The van der Waals surface area contributed by atoms with Crippen LogP contribution in [0.25, 0.3) is 10.6 Å². The minimum Gasteiger partial charge on any atom is -0.376 e. The van der Waals surface area contributed by atoms with E-state index in [0.717, 1.165) is 30.0 Å². The Hall–Kier alpha value is -2.03. The Morgan fingerprint density at radius 3 is 2.88 bits per heavy atom. The molecule has 0 radical (unpaired) electrons. The number of aromatic nitrogens is 1. The fraction of sp³-hybridized carbons (Fsp3) is 0.353. The summed E-state index contributed by atoms with van der Waals surface area (Å²) in [5.74, 6) is -0.251. The van der Waals surface area contributed by atoms with Gasteiger partial charge in [-0.15, -0.1) is 11.3 Å². The molecule has 1 aliphatic rings. The third-order valence-electron chi connectivity index (χ3n) is 3.83. The molecule has 1 saturated heterocycles. The number of rotatable bonds is 4. The van der Waals surface area contributed by atoms with Gasteiger partial charge in [-0.1, -0.05) is 30.3 Å². The van der Waals surface area contributed by atoms with Gasteiger partial charge in [-0.05, 0) is 32.0 Å². The topological polar surface area (TPSA) is 75.3 Å². The highest BCUT2D eigenvalue weighted by Gasteiger charge is 2.17. The molecule has 0 spiro atoms. The number of benzene rings is 1. The lowest BCUT2D eigenvalue weighted by molar-refractivity contribution is 0.0946. The first-order valence-corrected chi connectivity index (χ1v) is 9.34. The van der Waals surface area contributed by atoms with E-state index < -0.39 is 0 Å². The van der Waals surface area contributed by atoms with E-state index in [1.165, 1.54) is 11.3 Å². The predicted molar refractivity (Wildman–Crippen MR) is 102 cm³/mol. The van der Waals surface area contributed by atoms with Gasteiger partial charge in [0.1, 0.15) is 9.88 Å². The molecule has 1 aliphatic heterocycles. The van der Waals surface area contributed by atoms with Gasteiger partial charge in [0, 0.05) is 18.7 Å². The van der Waals surface area contributed by atoms with Crippen molar-refractivity contribution in [1.82, 2.24) is 21.2 Å². The van der Waals surface area contributed by atoms with Gasteiger partial charge in [-0.2, -0.15) is 0 Å². The maximum atomic E-state index is 12.4. The number of thiazole rings is 1. The molecule has 0 aliphatic carbocycles. The number of amides is 1. The number of ether oxygens (including phenoxy) is 1. The van der Waals surface area contributed by atoms with Gasteiger partial charge in [-0.3, -0.25) is 15.6 Å². The van der Waals surface area contributed by atoms with Crippen molar-refractivity contribution in [2.24, 2.45) is 0 Å². The van der Waals surface area contributed by atoms with Crippen LogP contribution in [0.1, 0.15) is 28.2 Å². The molecule has 3 rings (SSSR count). The van der Waals surface area contributed by atoms with E-state index in [9.17, 15) is 4.79 Å². The van der Waals surface area contributed by atoms with Crippen LogP contribution in [-0.4, -0.2) is 35.3 Å². The first-order chi connectivity index (χ1) is 12.1. The summed E-state index contributed by atoms with van der Waals surface area (Å²) in [5, 5.41) is 4.24. The molecule has 6 nitrogen and oxygen atoms in total. The van der Waals surface area contributed by atoms with E-state index in [-0.39, 0.29) is 12.0 Å². The molecule has 0 bridgehead atoms. The van der Waals surface area contributed by atoms with Crippen LogP contribution in [0.3, 0.4) is 0 Å². The van der Waals surface area contributed by atoms with E-state index >= 15 is 0 Å². The second kappa shape index (κ2) is 8.37. The highest BCUT2D eigenvalue weighted by Crippen LogP contribution is 2.27. The van der Waals surface area contributed by atoms with Gasteiger partial charge in [0.15, 0.2) is 5.11 Å². The summed E-state index contributed by atoms with van der Waals surface area (Å²) >= 11 is 6.53. The standard InChI is InChI=1S/C17H20N4O2S2/c1-11-14(25-16(19-11)12-6-3-2-4-7-12)15(22)20-21-17(24)18-10-13-8-5-9-23-13/h2-4,6-7,13H,5,8-10H2,1H3,(H,20,22)(H2,18,21,24)/t13-/m1/s1. The van der Waals surface area contributed by atoms with Gasteiger partial charge in [0.25, 0.3) is 5.91 Å². The molecule has 8 heteroatoms. The van der Waals surface area contributed by atoms with Crippen molar-refractivity contribution in [3.8, 4) is 10.6 Å². The van der Waals surface area contributed by atoms with Crippen molar-refractivity contribution in [2.45, 2.75) is 25.9 Å². The molecule has 2 heterocycles. The number of nitrogens with one attached hydrogen (secondary N) is 3. The largest absolute Gasteiger partial charge is 0.376 e. The molecule has 1 aromatic carbocycles. The molecular weight excluding hydrogens is 356 g/mol. The summed E-state index contributed by atoms with van der Waals surface area (Å²) in [6.07, 6.45) is 2.30. The first-order valence-electron chi connectivity index (χ1n) is 8.12. The Morgan fingerprint density at radius 1 is 1.36 bits per heavy atom. The van der Waals surface area contributed by atoms with Crippen molar-refractivity contribution in [1.29, 1.82) is 0 Å². The molecule has 3 N–H and O–H groups in total. The number of hydrogen-bond acceptors (Lipinski definition) is 5. The number of thiocarbonyl (C=S) groups is 1. The lowest BCUT2D eigenvalue weighted by Gasteiger charge is -2.14. The predicted octanol–water partition coefficient (Wildman–Crippen LogP) is 2.41. The van der Waals surface area contributed by atoms with Crippen molar-refractivity contribution in [3.63, 3.8) is 0 Å². The molecule has 0 saturated carbocycles. The second-order valence-electron chi connectivity index (χ2n) is 5.72. The molecule has 25 heavy (non-hydrogen) atoms. The summed E-state index contributed by atoms with van der Waals surface area (Å²) in [6.45, 7) is 3.27. The Morgan fingerprint density at radius 2 is 2.16 bits per heavy atom. The number of nitrogens with zero attached hydrogens (tertiary/aromatic N) is 1. The molecule has 2 aromatic rings. The molecule has 132 valence electrons. The monoisotopic (exact) mass is 376 g/mol. The second-order valence-corrected chi connectivity index (χ2v) is 7.13. The van der Waals surface area contributed by atoms with E-state index in [2.05, 4.69) is 21.2 Å². The van der Waals surface area contributed by atoms with E-state index in [1.807, 2.05) is 37.3 Å². The van der Waals surface area contributed by atoms with Gasteiger partial charge in [0.05, 0.1) is 11.8 Å². The Balaban J connectivity index is 1.52. The summed E-state index contributed by atoms with van der Waals surface area (Å²) in [6, 6.07) is 9.80. The molecule has 1 aromatic heterocycles. The average molecular weight is 377 g/mol. The van der Waals surface area contributed by atoms with Crippen LogP contribution in [0.15, 0.2) is 30.3 Å². The third-order valence-corrected chi connectivity index (χ3v) is 5.28. The number of carbonyl (C=O) groups excluding carboxylic acids is 1. The fourth-order valence-electron chi connectivity index (χ4n) is 2.54. The summed E-state index contributed by atoms with van der Waals surface area (Å²) in [5.41, 5.74) is 7.03. The van der Waals surface area contributed by atoms with Crippen LogP contribution in [-0.2, 0) is 4.74 Å². The first kappa shape index (κ1) is 17.8. The zero-order valence-electron chi connectivity index (χ0n) is 13.9. The number of hydrazine groups is 1. The van der Waals surface area contributed by atoms with Crippen LogP contribution in [0.4, 0.5) is 0 Å². The lowest BCUT2D eigenvalue weighted by Crippen LogP contribution is -2.48. The Labute approximate surface area is 156 Å². The minimum atomic E-state index is -0.251. The summed E-state index contributed by atoms with van der Waals surface area (Å²) in [4.78, 5) is 17.4. The smallest absolute Gasteiger partial charge is 0.281 e.